The Morgan fingerprint density at radius 2 is 1.83 bits per heavy atom. The first kappa shape index (κ1) is 18.5. The highest BCUT2D eigenvalue weighted by Gasteiger charge is 2.12. The fourth-order valence-electron chi connectivity index (χ4n) is 2.41. The lowest BCUT2D eigenvalue weighted by Gasteiger charge is -2.17. The number of nitrogens with zero attached hydrogens (tertiary/aromatic N) is 1. The van der Waals surface area contributed by atoms with E-state index in [0.29, 0.717) is 17.1 Å². The van der Waals surface area contributed by atoms with Gasteiger partial charge in [0, 0.05) is 24.7 Å². The third-order valence-corrected chi connectivity index (χ3v) is 4.00. The predicted molar refractivity (Wildman–Crippen MR) is 96.8 cm³/mol. The SMILES string of the molecule is CN(CCNC(=O)CC(O)c1ccc(Cl)cc1)Cc1ccccc1. The van der Waals surface area contributed by atoms with Crippen LogP contribution in [-0.4, -0.2) is 36.1 Å². The van der Waals surface area contributed by atoms with Crippen LogP contribution in [0.2, 0.25) is 5.02 Å². The molecule has 2 rings (SSSR count). The largest absolute Gasteiger partial charge is 0.388 e. The van der Waals surface area contributed by atoms with Crippen molar-refractivity contribution in [1.82, 2.24) is 10.2 Å². The average Bonchev–Trinajstić information content (AvgIpc) is 2.56. The van der Waals surface area contributed by atoms with E-state index in [2.05, 4.69) is 22.3 Å². The zero-order chi connectivity index (χ0) is 17.4. The summed E-state index contributed by atoms with van der Waals surface area (Å²) in [6.07, 6.45) is -0.770. The van der Waals surface area contributed by atoms with Gasteiger partial charge < -0.3 is 15.3 Å². The van der Waals surface area contributed by atoms with E-state index >= 15 is 0 Å². The molecule has 2 aromatic carbocycles. The lowest BCUT2D eigenvalue weighted by Crippen LogP contribution is -2.33. The number of halogens is 1. The van der Waals surface area contributed by atoms with Crippen molar-refractivity contribution in [3.8, 4) is 0 Å². The third kappa shape index (κ3) is 6.32. The summed E-state index contributed by atoms with van der Waals surface area (Å²) >= 11 is 5.81. The summed E-state index contributed by atoms with van der Waals surface area (Å²) < 4.78 is 0. The highest BCUT2D eigenvalue weighted by molar-refractivity contribution is 6.30. The fraction of sp³-hybridized carbons (Fsp3) is 0.316. The Kier molecular flexibility index (Phi) is 7.25. The van der Waals surface area contributed by atoms with Gasteiger partial charge in [0.05, 0.1) is 12.5 Å². The number of carbonyl (C=O) groups is 1. The van der Waals surface area contributed by atoms with Crippen LogP contribution in [0.4, 0.5) is 0 Å². The van der Waals surface area contributed by atoms with Gasteiger partial charge in [0.15, 0.2) is 0 Å². The molecule has 0 saturated carbocycles. The molecule has 2 aromatic rings. The summed E-state index contributed by atoms with van der Waals surface area (Å²) in [4.78, 5) is 14.1. The Morgan fingerprint density at radius 1 is 1.17 bits per heavy atom. The molecule has 1 unspecified atom stereocenters. The molecule has 0 heterocycles. The van der Waals surface area contributed by atoms with Gasteiger partial charge in [-0.1, -0.05) is 54.1 Å². The molecule has 0 radical (unpaired) electrons. The molecule has 2 N–H and O–H groups in total. The minimum Gasteiger partial charge on any atom is -0.388 e. The maximum absolute atomic E-state index is 11.9. The number of amides is 1. The van der Waals surface area contributed by atoms with Crippen molar-refractivity contribution in [2.75, 3.05) is 20.1 Å². The molecular formula is C19H23ClN2O2. The predicted octanol–water partition coefficient (Wildman–Crippen LogP) is 3.01. The van der Waals surface area contributed by atoms with Gasteiger partial charge in [-0.15, -0.1) is 0 Å². The van der Waals surface area contributed by atoms with Gasteiger partial charge in [0.2, 0.25) is 5.91 Å². The van der Waals surface area contributed by atoms with Gasteiger partial charge in [0.1, 0.15) is 0 Å². The molecule has 4 nitrogen and oxygen atoms in total. The molecule has 24 heavy (non-hydrogen) atoms. The van der Waals surface area contributed by atoms with Crippen LogP contribution in [0.25, 0.3) is 0 Å². The van der Waals surface area contributed by atoms with E-state index in [4.69, 9.17) is 11.6 Å². The minimum atomic E-state index is -0.815. The minimum absolute atomic E-state index is 0.0457. The molecule has 1 amide bonds. The maximum Gasteiger partial charge on any atom is 0.223 e. The Balaban J connectivity index is 1.68. The highest BCUT2D eigenvalue weighted by atomic mass is 35.5. The van der Waals surface area contributed by atoms with Crippen LogP contribution >= 0.6 is 11.6 Å². The van der Waals surface area contributed by atoms with E-state index in [-0.39, 0.29) is 12.3 Å². The second-order valence-corrected chi connectivity index (χ2v) is 6.28. The molecule has 0 aromatic heterocycles. The second kappa shape index (κ2) is 9.42. The van der Waals surface area contributed by atoms with Gasteiger partial charge in [-0.05, 0) is 30.3 Å². The molecule has 0 saturated heterocycles. The maximum atomic E-state index is 11.9. The quantitative estimate of drug-likeness (QED) is 0.772. The highest BCUT2D eigenvalue weighted by Crippen LogP contribution is 2.18. The van der Waals surface area contributed by atoms with Crippen molar-refractivity contribution < 1.29 is 9.90 Å². The number of benzene rings is 2. The van der Waals surface area contributed by atoms with Gasteiger partial charge in [-0.25, -0.2) is 0 Å². The molecule has 0 aliphatic heterocycles. The van der Waals surface area contributed by atoms with E-state index in [9.17, 15) is 9.90 Å². The monoisotopic (exact) mass is 346 g/mol. The standard InChI is InChI=1S/C19H23ClN2O2/c1-22(14-15-5-3-2-4-6-15)12-11-21-19(24)13-18(23)16-7-9-17(20)10-8-16/h2-10,18,23H,11-14H2,1H3,(H,21,24). The Hall–Kier alpha value is -1.88. The normalized spacial score (nSPS) is 12.2. The van der Waals surface area contributed by atoms with Gasteiger partial charge >= 0.3 is 0 Å². The number of aliphatic hydroxyl groups excluding tert-OH is 1. The average molecular weight is 347 g/mol. The van der Waals surface area contributed by atoms with Crippen molar-refractivity contribution in [3.05, 3.63) is 70.7 Å². The van der Waals surface area contributed by atoms with Crippen LogP contribution in [-0.2, 0) is 11.3 Å². The molecule has 0 aliphatic rings. The number of rotatable bonds is 8. The molecule has 5 heteroatoms. The van der Waals surface area contributed by atoms with Crippen molar-refractivity contribution in [2.45, 2.75) is 19.1 Å². The summed E-state index contributed by atoms with van der Waals surface area (Å²) in [7, 11) is 2.02. The second-order valence-electron chi connectivity index (χ2n) is 5.84. The Bertz CT molecular complexity index is 632. The van der Waals surface area contributed by atoms with E-state index in [0.717, 1.165) is 13.1 Å². The van der Waals surface area contributed by atoms with Gasteiger partial charge in [-0.3, -0.25) is 4.79 Å². The zero-order valence-electron chi connectivity index (χ0n) is 13.8. The Morgan fingerprint density at radius 3 is 2.50 bits per heavy atom. The zero-order valence-corrected chi connectivity index (χ0v) is 14.5. The topological polar surface area (TPSA) is 52.6 Å². The molecule has 0 aliphatic carbocycles. The first-order valence-corrected chi connectivity index (χ1v) is 8.35. The molecular weight excluding hydrogens is 324 g/mol. The Labute approximate surface area is 148 Å². The number of nitrogens with one attached hydrogen (secondary N) is 1. The lowest BCUT2D eigenvalue weighted by molar-refractivity contribution is -0.123. The van der Waals surface area contributed by atoms with Crippen LogP contribution < -0.4 is 5.32 Å². The summed E-state index contributed by atoms with van der Waals surface area (Å²) in [6, 6.07) is 17.1. The number of carbonyl (C=O) groups excluding carboxylic acids is 1. The fourth-order valence-corrected chi connectivity index (χ4v) is 2.54. The van der Waals surface area contributed by atoms with Crippen LogP contribution in [0, 0.1) is 0 Å². The molecule has 0 fully saturated rings. The molecule has 0 bridgehead atoms. The number of aliphatic hydroxyl groups is 1. The first-order valence-electron chi connectivity index (χ1n) is 7.97. The van der Waals surface area contributed by atoms with Crippen LogP contribution in [0.3, 0.4) is 0 Å². The summed E-state index contributed by atoms with van der Waals surface area (Å²) in [6.45, 7) is 2.14. The molecule has 1 atom stereocenters. The van der Waals surface area contributed by atoms with Crippen LogP contribution in [0.5, 0.6) is 0 Å². The van der Waals surface area contributed by atoms with Crippen molar-refractivity contribution in [1.29, 1.82) is 0 Å². The number of likely N-dealkylation sites (N-methyl/N-ethyl adjacent to an activating group) is 1. The summed E-state index contributed by atoms with van der Waals surface area (Å²) in [5.41, 5.74) is 1.93. The van der Waals surface area contributed by atoms with E-state index < -0.39 is 6.10 Å². The van der Waals surface area contributed by atoms with E-state index in [1.54, 1.807) is 24.3 Å². The van der Waals surface area contributed by atoms with Crippen molar-refractivity contribution >= 4 is 17.5 Å². The number of hydrogen-bond donors (Lipinski definition) is 2. The third-order valence-electron chi connectivity index (χ3n) is 3.74. The smallest absolute Gasteiger partial charge is 0.223 e. The number of hydrogen-bond acceptors (Lipinski definition) is 3. The van der Waals surface area contributed by atoms with Crippen LogP contribution in [0.15, 0.2) is 54.6 Å². The summed E-state index contributed by atoms with van der Waals surface area (Å²) in [5, 5.41) is 13.5. The van der Waals surface area contributed by atoms with Gasteiger partial charge in [-0.2, -0.15) is 0 Å². The molecule has 0 spiro atoms. The summed E-state index contributed by atoms with van der Waals surface area (Å²) in [5.74, 6) is -0.162. The van der Waals surface area contributed by atoms with Crippen LogP contribution in [0.1, 0.15) is 23.7 Å². The lowest BCUT2D eigenvalue weighted by atomic mass is 10.1. The van der Waals surface area contributed by atoms with Crippen molar-refractivity contribution in [2.24, 2.45) is 0 Å². The van der Waals surface area contributed by atoms with E-state index in [1.807, 2.05) is 25.2 Å². The molecule has 128 valence electrons. The first-order chi connectivity index (χ1) is 11.5. The van der Waals surface area contributed by atoms with Gasteiger partial charge in [0.25, 0.3) is 0 Å². The van der Waals surface area contributed by atoms with Crippen molar-refractivity contribution in [3.63, 3.8) is 0 Å². The van der Waals surface area contributed by atoms with E-state index in [1.165, 1.54) is 5.56 Å².